The molecule has 1 N–H and O–H groups in total. The Morgan fingerprint density at radius 2 is 2.12 bits per heavy atom. The molecule has 2 aliphatic heterocycles. The SMILES string of the molecule is N#Cc1ccnc(N2C3CCC2CNC3)c1F. The zero-order chi connectivity index (χ0) is 11.8. The van der Waals surface area contributed by atoms with E-state index in [4.69, 9.17) is 5.26 Å². The Hall–Kier alpha value is -1.67. The lowest BCUT2D eigenvalue weighted by Gasteiger charge is -2.36. The van der Waals surface area contributed by atoms with Crippen molar-refractivity contribution in [1.82, 2.24) is 10.3 Å². The standard InChI is InChI=1S/C12H13FN4/c13-11-8(5-14)3-4-16-12(11)17-9-1-2-10(17)7-15-6-9/h3-4,9-10,15H,1-2,6-7H2. The van der Waals surface area contributed by atoms with Gasteiger partial charge in [-0.25, -0.2) is 9.37 Å². The zero-order valence-electron chi connectivity index (χ0n) is 9.36. The Kier molecular flexibility index (Phi) is 2.45. The van der Waals surface area contributed by atoms with Gasteiger partial charge in [0, 0.05) is 31.4 Å². The van der Waals surface area contributed by atoms with Crippen molar-refractivity contribution in [1.29, 1.82) is 5.26 Å². The minimum Gasteiger partial charge on any atom is -0.346 e. The van der Waals surface area contributed by atoms with E-state index in [0.29, 0.717) is 17.9 Å². The van der Waals surface area contributed by atoms with E-state index >= 15 is 0 Å². The first-order valence-electron chi connectivity index (χ1n) is 5.85. The van der Waals surface area contributed by atoms with E-state index in [0.717, 1.165) is 25.9 Å². The van der Waals surface area contributed by atoms with E-state index < -0.39 is 5.82 Å². The summed E-state index contributed by atoms with van der Waals surface area (Å²) in [5, 5.41) is 12.2. The summed E-state index contributed by atoms with van der Waals surface area (Å²) in [6.07, 6.45) is 3.64. The van der Waals surface area contributed by atoms with Crippen molar-refractivity contribution in [3.63, 3.8) is 0 Å². The van der Waals surface area contributed by atoms with Crippen molar-refractivity contribution in [3.05, 3.63) is 23.6 Å². The van der Waals surface area contributed by atoms with Crippen LogP contribution in [0.15, 0.2) is 12.3 Å². The lowest BCUT2D eigenvalue weighted by atomic mass is 10.2. The smallest absolute Gasteiger partial charge is 0.183 e. The summed E-state index contributed by atoms with van der Waals surface area (Å²) >= 11 is 0. The van der Waals surface area contributed by atoms with Crippen LogP contribution in [-0.4, -0.2) is 30.2 Å². The molecule has 2 fully saturated rings. The molecule has 2 aliphatic rings. The molecule has 0 radical (unpaired) electrons. The number of piperazine rings is 1. The minimum absolute atomic E-state index is 0.0768. The van der Waals surface area contributed by atoms with Gasteiger partial charge >= 0.3 is 0 Å². The van der Waals surface area contributed by atoms with Crippen LogP contribution >= 0.6 is 0 Å². The first kappa shape index (κ1) is 10.5. The highest BCUT2D eigenvalue weighted by molar-refractivity contribution is 5.50. The quantitative estimate of drug-likeness (QED) is 0.785. The average Bonchev–Trinajstić information content (AvgIpc) is 2.60. The van der Waals surface area contributed by atoms with E-state index in [1.165, 1.54) is 12.3 Å². The Morgan fingerprint density at radius 3 is 2.76 bits per heavy atom. The van der Waals surface area contributed by atoms with Crippen LogP contribution < -0.4 is 10.2 Å². The highest BCUT2D eigenvalue weighted by Crippen LogP contribution is 2.33. The number of nitrogens with one attached hydrogen (secondary N) is 1. The largest absolute Gasteiger partial charge is 0.346 e. The van der Waals surface area contributed by atoms with Crippen LogP contribution in [0.2, 0.25) is 0 Å². The molecular formula is C12H13FN4. The summed E-state index contributed by atoms with van der Waals surface area (Å²) < 4.78 is 14.1. The maximum absolute atomic E-state index is 14.1. The number of hydrogen-bond donors (Lipinski definition) is 1. The molecule has 2 atom stereocenters. The van der Waals surface area contributed by atoms with Crippen LogP contribution in [0.4, 0.5) is 10.2 Å². The van der Waals surface area contributed by atoms with Crippen molar-refractivity contribution < 1.29 is 4.39 Å². The van der Waals surface area contributed by atoms with Gasteiger partial charge in [0.1, 0.15) is 6.07 Å². The summed E-state index contributed by atoms with van der Waals surface area (Å²) in [7, 11) is 0. The number of fused-ring (bicyclic) bond motifs is 2. The van der Waals surface area contributed by atoms with Gasteiger partial charge in [-0.2, -0.15) is 5.26 Å². The lowest BCUT2D eigenvalue weighted by Crippen LogP contribution is -2.52. The molecule has 4 nitrogen and oxygen atoms in total. The maximum atomic E-state index is 14.1. The molecule has 1 aromatic heterocycles. The van der Waals surface area contributed by atoms with Crippen LogP contribution in [0.25, 0.3) is 0 Å². The first-order chi connectivity index (χ1) is 8.31. The third-order valence-corrected chi connectivity index (χ3v) is 3.62. The number of nitrogens with zero attached hydrogens (tertiary/aromatic N) is 3. The Morgan fingerprint density at radius 1 is 1.41 bits per heavy atom. The average molecular weight is 232 g/mol. The van der Waals surface area contributed by atoms with Crippen molar-refractivity contribution in [3.8, 4) is 6.07 Å². The summed E-state index contributed by atoms with van der Waals surface area (Å²) in [4.78, 5) is 6.17. The lowest BCUT2D eigenvalue weighted by molar-refractivity contribution is 0.470. The normalized spacial score (nSPS) is 26.9. The van der Waals surface area contributed by atoms with Crippen LogP contribution in [0.1, 0.15) is 18.4 Å². The predicted molar refractivity (Wildman–Crippen MR) is 61.1 cm³/mol. The minimum atomic E-state index is -0.478. The van der Waals surface area contributed by atoms with E-state index in [1.807, 2.05) is 11.0 Å². The zero-order valence-corrected chi connectivity index (χ0v) is 9.36. The highest BCUT2D eigenvalue weighted by Gasteiger charge is 2.38. The summed E-state index contributed by atoms with van der Waals surface area (Å²) in [5.41, 5.74) is 0.0768. The molecule has 0 saturated carbocycles. The van der Waals surface area contributed by atoms with Gasteiger partial charge in [-0.05, 0) is 18.9 Å². The Labute approximate surface area is 99.1 Å². The van der Waals surface area contributed by atoms with Gasteiger partial charge in [0.05, 0.1) is 5.56 Å². The van der Waals surface area contributed by atoms with Gasteiger partial charge in [-0.15, -0.1) is 0 Å². The Balaban J connectivity index is 2.02. The molecule has 1 aromatic rings. The number of halogens is 1. The summed E-state index contributed by atoms with van der Waals surface area (Å²) in [5.74, 6) is -0.133. The van der Waals surface area contributed by atoms with Gasteiger partial charge in [0.25, 0.3) is 0 Å². The van der Waals surface area contributed by atoms with E-state index in [9.17, 15) is 4.39 Å². The molecule has 2 unspecified atom stereocenters. The molecule has 0 spiro atoms. The number of anilines is 1. The number of rotatable bonds is 1. The predicted octanol–water partition coefficient (Wildman–Crippen LogP) is 1.03. The van der Waals surface area contributed by atoms with Crippen LogP contribution in [0, 0.1) is 17.1 Å². The van der Waals surface area contributed by atoms with Gasteiger partial charge < -0.3 is 10.2 Å². The van der Waals surface area contributed by atoms with Crippen LogP contribution in [-0.2, 0) is 0 Å². The van der Waals surface area contributed by atoms with Crippen molar-refractivity contribution in [2.75, 3.05) is 18.0 Å². The molecule has 0 aliphatic carbocycles. The molecule has 5 heteroatoms. The highest BCUT2D eigenvalue weighted by atomic mass is 19.1. The molecule has 17 heavy (non-hydrogen) atoms. The second-order valence-corrected chi connectivity index (χ2v) is 4.56. The number of aromatic nitrogens is 1. The van der Waals surface area contributed by atoms with Gasteiger partial charge in [-0.3, -0.25) is 0 Å². The number of nitriles is 1. The fourth-order valence-electron chi connectivity index (χ4n) is 2.82. The molecule has 0 aromatic carbocycles. The number of pyridine rings is 1. The molecule has 0 amide bonds. The van der Waals surface area contributed by atoms with E-state index in [2.05, 4.69) is 10.3 Å². The van der Waals surface area contributed by atoms with Crippen molar-refractivity contribution >= 4 is 5.82 Å². The second kappa shape index (κ2) is 3.97. The summed E-state index contributed by atoms with van der Waals surface area (Å²) in [6.45, 7) is 1.74. The second-order valence-electron chi connectivity index (χ2n) is 4.56. The van der Waals surface area contributed by atoms with E-state index in [1.54, 1.807) is 0 Å². The monoisotopic (exact) mass is 232 g/mol. The molecule has 2 bridgehead atoms. The van der Waals surface area contributed by atoms with Crippen molar-refractivity contribution in [2.24, 2.45) is 0 Å². The molecule has 3 heterocycles. The van der Waals surface area contributed by atoms with Gasteiger partial charge in [0.15, 0.2) is 11.6 Å². The maximum Gasteiger partial charge on any atom is 0.183 e. The third-order valence-electron chi connectivity index (χ3n) is 3.62. The molecule has 3 rings (SSSR count). The summed E-state index contributed by atoms with van der Waals surface area (Å²) in [6, 6.07) is 3.91. The Bertz CT molecular complexity index is 466. The first-order valence-corrected chi connectivity index (χ1v) is 5.85. The van der Waals surface area contributed by atoms with Gasteiger partial charge in [-0.1, -0.05) is 0 Å². The fraction of sp³-hybridized carbons (Fsp3) is 0.500. The van der Waals surface area contributed by atoms with E-state index in [-0.39, 0.29) is 5.56 Å². The van der Waals surface area contributed by atoms with Crippen molar-refractivity contribution in [2.45, 2.75) is 24.9 Å². The fourth-order valence-corrected chi connectivity index (χ4v) is 2.82. The molecular weight excluding hydrogens is 219 g/mol. The number of hydrogen-bond acceptors (Lipinski definition) is 4. The van der Waals surface area contributed by atoms with Crippen LogP contribution in [0.5, 0.6) is 0 Å². The topological polar surface area (TPSA) is 52.0 Å². The molecule has 2 saturated heterocycles. The van der Waals surface area contributed by atoms with Crippen LogP contribution in [0.3, 0.4) is 0 Å². The van der Waals surface area contributed by atoms with Gasteiger partial charge in [0.2, 0.25) is 0 Å². The third kappa shape index (κ3) is 1.56. The molecule has 88 valence electrons.